The molecule has 0 aromatic carbocycles. The molecule has 20 heavy (non-hydrogen) atoms. The number of piperidine rings is 1. The van der Waals surface area contributed by atoms with Gasteiger partial charge in [-0.05, 0) is 24.8 Å². The summed E-state index contributed by atoms with van der Waals surface area (Å²) >= 11 is 0. The number of carbonyl (C=O) groups is 2. The molecule has 0 aliphatic carbocycles. The van der Waals surface area contributed by atoms with Crippen LogP contribution in [-0.4, -0.2) is 60.8 Å². The fraction of sp³-hybridized carbons (Fsp3) is 0.857. The van der Waals surface area contributed by atoms with Crippen molar-refractivity contribution >= 4 is 11.9 Å². The van der Waals surface area contributed by atoms with Crippen LogP contribution in [0.2, 0.25) is 0 Å². The fourth-order valence-electron chi connectivity index (χ4n) is 3.16. The minimum Gasteiger partial charge on any atom is -0.481 e. The van der Waals surface area contributed by atoms with Crippen LogP contribution in [-0.2, 0) is 14.3 Å². The highest BCUT2D eigenvalue weighted by molar-refractivity contribution is 5.84. The number of nitrogens with one attached hydrogen (secondary N) is 1. The average molecular weight is 284 g/mol. The van der Waals surface area contributed by atoms with Gasteiger partial charge in [-0.1, -0.05) is 13.8 Å². The van der Waals surface area contributed by atoms with Crippen LogP contribution in [0.25, 0.3) is 0 Å². The van der Waals surface area contributed by atoms with E-state index in [1.54, 1.807) is 11.9 Å². The van der Waals surface area contributed by atoms with Gasteiger partial charge in [0.1, 0.15) is 5.92 Å². The minimum atomic E-state index is -0.900. The summed E-state index contributed by atoms with van der Waals surface area (Å²) in [5.41, 5.74) is -0.109. The average Bonchev–Trinajstić information content (AvgIpc) is 2.85. The van der Waals surface area contributed by atoms with Crippen molar-refractivity contribution < 1.29 is 19.4 Å². The van der Waals surface area contributed by atoms with Crippen LogP contribution < -0.4 is 5.32 Å². The summed E-state index contributed by atoms with van der Waals surface area (Å²) in [6, 6.07) is -0.629. The first kappa shape index (κ1) is 15.3. The normalized spacial score (nSPS) is 32.9. The highest BCUT2D eigenvalue weighted by Crippen LogP contribution is 2.32. The van der Waals surface area contributed by atoms with Crippen LogP contribution in [0.3, 0.4) is 0 Å². The number of likely N-dealkylation sites (N-methyl/N-ethyl adjacent to an activating group) is 1. The van der Waals surface area contributed by atoms with Gasteiger partial charge in [-0.25, -0.2) is 0 Å². The summed E-state index contributed by atoms with van der Waals surface area (Å²) in [6.45, 7) is 5.47. The van der Waals surface area contributed by atoms with E-state index in [0.29, 0.717) is 6.61 Å². The van der Waals surface area contributed by atoms with E-state index in [1.165, 1.54) is 0 Å². The summed E-state index contributed by atoms with van der Waals surface area (Å²) in [6.07, 6.45) is 2.05. The van der Waals surface area contributed by atoms with E-state index in [2.05, 4.69) is 19.2 Å². The van der Waals surface area contributed by atoms with Gasteiger partial charge in [0.05, 0.1) is 25.3 Å². The van der Waals surface area contributed by atoms with Crippen molar-refractivity contribution in [2.24, 2.45) is 11.3 Å². The molecule has 2 rings (SSSR count). The monoisotopic (exact) mass is 284 g/mol. The molecule has 2 fully saturated rings. The molecule has 0 aromatic heterocycles. The molecule has 3 atom stereocenters. The summed E-state index contributed by atoms with van der Waals surface area (Å²) in [4.78, 5) is 25.5. The Hall–Kier alpha value is -1.14. The number of nitrogens with zero attached hydrogens (tertiary/aromatic N) is 1. The number of aliphatic carboxylic acids is 1. The predicted molar refractivity (Wildman–Crippen MR) is 73.3 cm³/mol. The van der Waals surface area contributed by atoms with Crippen LogP contribution in [0, 0.1) is 11.3 Å². The van der Waals surface area contributed by atoms with Crippen LogP contribution in [0.5, 0.6) is 0 Å². The number of rotatable bonds is 3. The zero-order valence-electron chi connectivity index (χ0n) is 12.4. The van der Waals surface area contributed by atoms with Gasteiger partial charge in [0, 0.05) is 7.05 Å². The van der Waals surface area contributed by atoms with Crippen molar-refractivity contribution in [3.63, 3.8) is 0 Å². The maximum atomic E-state index is 12.7. The molecule has 6 heteroatoms. The van der Waals surface area contributed by atoms with Crippen LogP contribution >= 0.6 is 0 Å². The Morgan fingerprint density at radius 2 is 2.05 bits per heavy atom. The van der Waals surface area contributed by atoms with E-state index in [1.807, 2.05) is 0 Å². The Labute approximate surface area is 119 Å². The Morgan fingerprint density at radius 1 is 1.35 bits per heavy atom. The maximum Gasteiger partial charge on any atom is 0.311 e. The molecule has 6 nitrogen and oxygen atoms in total. The Morgan fingerprint density at radius 3 is 2.65 bits per heavy atom. The van der Waals surface area contributed by atoms with Crippen molar-refractivity contribution in [1.82, 2.24) is 10.2 Å². The Balaban J connectivity index is 2.10. The number of amides is 1. The summed E-state index contributed by atoms with van der Waals surface area (Å²) in [5, 5.41) is 12.5. The van der Waals surface area contributed by atoms with E-state index < -0.39 is 11.9 Å². The molecule has 2 heterocycles. The lowest BCUT2D eigenvalue weighted by Crippen LogP contribution is -2.58. The second-order valence-corrected chi connectivity index (χ2v) is 6.48. The maximum absolute atomic E-state index is 12.7. The second-order valence-electron chi connectivity index (χ2n) is 6.48. The smallest absolute Gasteiger partial charge is 0.311 e. The molecule has 0 aromatic rings. The first-order chi connectivity index (χ1) is 9.34. The lowest BCUT2D eigenvalue weighted by Gasteiger charge is -2.41. The Bertz CT molecular complexity index is 397. The third-order valence-corrected chi connectivity index (χ3v) is 4.59. The number of carboxylic acid groups (broad SMARTS) is 1. The van der Waals surface area contributed by atoms with Crippen LogP contribution in [0.1, 0.15) is 26.7 Å². The first-order valence-corrected chi connectivity index (χ1v) is 7.15. The van der Waals surface area contributed by atoms with Gasteiger partial charge in [0.2, 0.25) is 5.91 Å². The molecule has 1 amide bonds. The van der Waals surface area contributed by atoms with Gasteiger partial charge in [-0.15, -0.1) is 0 Å². The number of hydrogen-bond donors (Lipinski definition) is 2. The van der Waals surface area contributed by atoms with E-state index in [9.17, 15) is 14.7 Å². The zero-order chi connectivity index (χ0) is 14.9. The van der Waals surface area contributed by atoms with Gasteiger partial charge < -0.3 is 20.1 Å². The van der Waals surface area contributed by atoms with Gasteiger partial charge in [-0.3, -0.25) is 9.59 Å². The molecular weight excluding hydrogens is 260 g/mol. The SMILES string of the molecule is CN(C(=O)C1NCCCC1(C)C)C1COCC1C(=O)O. The molecule has 2 N–H and O–H groups in total. The van der Waals surface area contributed by atoms with E-state index in [4.69, 9.17) is 4.74 Å². The highest BCUT2D eigenvalue weighted by Gasteiger charge is 2.44. The summed E-state index contributed by atoms with van der Waals surface area (Å²) in [7, 11) is 1.68. The zero-order valence-corrected chi connectivity index (χ0v) is 12.4. The van der Waals surface area contributed by atoms with Gasteiger partial charge >= 0.3 is 5.97 Å². The fourth-order valence-corrected chi connectivity index (χ4v) is 3.16. The molecule has 114 valence electrons. The summed E-state index contributed by atoms with van der Waals surface area (Å²) < 4.78 is 5.25. The second kappa shape index (κ2) is 5.69. The number of carboxylic acids is 1. The molecule has 2 aliphatic rings. The molecule has 0 spiro atoms. The lowest BCUT2D eigenvalue weighted by molar-refractivity contribution is -0.146. The number of hydrogen-bond acceptors (Lipinski definition) is 4. The molecular formula is C14H24N2O4. The van der Waals surface area contributed by atoms with Gasteiger partial charge in [-0.2, -0.15) is 0 Å². The molecule has 2 saturated heterocycles. The van der Waals surface area contributed by atoms with Crippen molar-refractivity contribution in [1.29, 1.82) is 0 Å². The number of ether oxygens (including phenoxy) is 1. The van der Waals surface area contributed by atoms with Crippen LogP contribution in [0.15, 0.2) is 0 Å². The van der Waals surface area contributed by atoms with Gasteiger partial charge in [0.15, 0.2) is 0 Å². The quantitative estimate of drug-likeness (QED) is 0.780. The third-order valence-electron chi connectivity index (χ3n) is 4.59. The number of carbonyl (C=O) groups excluding carboxylic acids is 1. The predicted octanol–water partition coefficient (Wildman–Crippen LogP) is 0.323. The minimum absolute atomic E-state index is 0.0311. The molecule has 0 radical (unpaired) electrons. The van der Waals surface area contributed by atoms with Crippen molar-refractivity contribution in [2.75, 3.05) is 26.8 Å². The van der Waals surface area contributed by atoms with E-state index in [0.717, 1.165) is 19.4 Å². The Kier molecular flexibility index (Phi) is 4.34. The van der Waals surface area contributed by atoms with E-state index >= 15 is 0 Å². The van der Waals surface area contributed by atoms with Crippen molar-refractivity contribution in [2.45, 2.75) is 38.8 Å². The molecule has 3 unspecified atom stereocenters. The highest BCUT2D eigenvalue weighted by atomic mass is 16.5. The van der Waals surface area contributed by atoms with Crippen LogP contribution in [0.4, 0.5) is 0 Å². The summed E-state index contributed by atoms with van der Waals surface area (Å²) in [5.74, 6) is -1.56. The molecule has 0 saturated carbocycles. The largest absolute Gasteiger partial charge is 0.481 e. The topological polar surface area (TPSA) is 78.9 Å². The van der Waals surface area contributed by atoms with Crippen molar-refractivity contribution in [3.8, 4) is 0 Å². The van der Waals surface area contributed by atoms with Crippen molar-refractivity contribution in [3.05, 3.63) is 0 Å². The van der Waals surface area contributed by atoms with E-state index in [-0.39, 0.29) is 30.0 Å². The first-order valence-electron chi connectivity index (χ1n) is 7.15. The van der Waals surface area contributed by atoms with Gasteiger partial charge in [0.25, 0.3) is 0 Å². The molecule has 0 bridgehead atoms. The molecule has 2 aliphatic heterocycles. The lowest BCUT2D eigenvalue weighted by atomic mass is 9.77. The standard InChI is InChI=1S/C14H24N2O4/c1-14(2)5-4-6-15-11(14)12(17)16(3)10-8-20-7-9(10)13(18)19/h9-11,15H,4-8H2,1-3H3,(H,18,19). The third kappa shape index (κ3) is 2.81.